The molecule has 5 nitrogen and oxygen atoms in total. The minimum atomic E-state index is -0.368. The molecule has 1 saturated heterocycles. The molecule has 2 unspecified atom stereocenters. The Labute approximate surface area is 114 Å². The maximum Gasteiger partial charge on any atom is 0.257 e. The highest BCUT2D eigenvalue weighted by Crippen LogP contribution is 2.22. The van der Waals surface area contributed by atoms with Gasteiger partial charge < -0.3 is 10.0 Å². The molecule has 0 spiro atoms. The van der Waals surface area contributed by atoms with Gasteiger partial charge in [0, 0.05) is 25.8 Å². The van der Waals surface area contributed by atoms with Crippen molar-refractivity contribution in [1.29, 1.82) is 0 Å². The molecule has 0 aliphatic carbocycles. The minimum Gasteiger partial charge on any atom is -0.393 e. The van der Waals surface area contributed by atoms with Crippen LogP contribution < -0.4 is 0 Å². The van der Waals surface area contributed by atoms with E-state index >= 15 is 0 Å². The monoisotopic (exact) mass is 265 g/mol. The van der Waals surface area contributed by atoms with Crippen molar-refractivity contribution in [2.75, 3.05) is 6.54 Å². The predicted molar refractivity (Wildman–Crippen MR) is 72.8 cm³/mol. The Morgan fingerprint density at radius 3 is 2.95 bits per heavy atom. The maximum atomic E-state index is 12.5. The fourth-order valence-corrected chi connectivity index (χ4v) is 2.78. The smallest absolute Gasteiger partial charge is 0.257 e. The van der Waals surface area contributed by atoms with Gasteiger partial charge in [0.2, 0.25) is 0 Å². The molecule has 1 amide bonds. The van der Waals surface area contributed by atoms with Gasteiger partial charge >= 0.3 is 0 Å². The molecule has 2 atom stereocenters. The first kappa shape index (κ1) is 14.1. The molecule has 0 radical (unpaired) electrons. The molecule has 1 aromatic heterocycles. The molecule has 1 aromatic rings. The van der Waals surface area contributed by atoms with Gasteiger partial charge in [-0.1, -0.05) is 12.8 Å². The summed E-state index contributed by atoms with van der Waals surface area (Å²) in [5, 5.41) is 13.7. The number of nitrogens with zero attached hydrogens (tertiary/aromatic N) is 3. The van der Waals surface area contributed by atoms with E-state index in [0.717, 1.165) is 32.2 Å². The van der Waals surface area contributed by atoms with Gasteiger partial charge in [0.25, 0.3) is 5.91 Å². The van der Waals surface area contributed by atoms with Gasteiger partial charge in [-0.3, -0.25) is 9.48 Å². The highest BCUT2D eigenvalue weighted by molar-refractivity contribution is 5.94. The Morgan fingerprint density at radius 1 is 1.53 bits per heavy atom. The van der Waals surface area contributed by atoms with E-state index in [1.54, 1.807) is 24.0 Å². The zero-order valence-electron chi connectivity index (χ0n) is 11.7. The van der Waals surface area contributed by atoms with Gasteiger partial charge in [-0.15, -0.1) is 0 Å². The summed E-state index contributed by atoms with van der Waals surface area (Å²) >= 11 is 0. The van der Waals surface area contributed by atoms with E-state index in [1.165, 1.54) is 0 Å². The second-order valence-electron chi connectivity index (χ2n) is 5.49. The van der Waals surface area contributed by atoms with E-state index in [4.69, 9.17) is 0 Å². The van der Waals surface area contributed by atoms with Crippen molar-refractivity contribution in [1.82, 2.24) is 14.7 Å². The van der Waals surface area contributed by atoms with E-state index in [1.807, 2.05) is 11.9 Å². The summed E-state index contributed by atoms with van der Waals surface area (Å²) in [4.78, 5) is 14.5. The summed E-state index contributed by atoms with van der Waals surface area (Å²) in [5.41, 5.74) is 0.639. The Hall–Kier alpha value is -1.36. The summed E-state index contributed by atoms with van der Waals surface area (Å²) < 4.78 is 1.65. The molecular weight excluding hydrogens is 242 g/mol. The number of carbonyl (C=O) groups is 1. The Morgan fingerprint density at radius 2 is 2.32 bits per heavy atom. The summed E-state index contributed by atoms with van der Waals surface area (Å²) in [7, 11) is 1.81. The number of carbonyl (C=O) groups excluding carboxylic acids is 1. The number of hydrogen-bond acceptors (Lipinski definition) is 3. The van der Waals surface area contributed by atoms with Gasteiger partial charge in [-0.25, -0.2) is 0 Å². The molecule has 1 aliphatic heterocycles. The van der Waals surface area contributed by atoms with Crippen molar-refractivity contribution in [3.05, 3.63) is 18.0 Å². The molecule has 2 heterocycles. The summed E-state index contributed by atoms with van der Waals surface area (Å²) in [6, 6.07) is 0.148. The van der Waals surface area contributed by atoms with Crippen LogP contribution in [0.1, 0.15) is 49.4 Å². The summed E-state index contributed by atoms with van der Waals surface area (Å²) in [6.45, 7) is 2.57. The quantitative estimate of drug-likeness (QED) is 0.902. The average Bonchev–Trinajstić information content (AvgIpc) is 2.65. The van der Waals surface area contributed by atoms with Crippen LogP contribution in [0.3, 0.4) is 0 Å². The Balaban J connectivity index is 2.14. The molecule has 1 aliphatic rings. The number of aromatic nitrogens is 2. The fourth-order valence-electron chi connectivity index (χ4n) is 2.78. The zero-order chi connectivity index (χ0) is 13.8. The van der Waals surface area contributed by atoms with Gasteiger partial charge in [0.1, 0.15) is 0 Å². The number of aliphatic hydroxyl groups excluding tert-OH is 1. The average molecular weight is 265 g/mol. The van der Waals surface area contributed by atoms with Gasteiger partial charge in [-0.2, -0.15) is 5.10 Å². The Kier molecular flexibility index (Phi) is 4.58. The lowest BCUT2D eigenvalue weighted by Crippen LogP contribution is -2.41. The van der Waals surface area contributed by atoms with Crippen LogP contribution in [-0.2, 0) is 7.05 Å². The number of aliphatic hydroxyl groups is 1. The second-order valence-corrected chi connectivity index (χ2v) is 5.49. The first-order valence-electron chi connectivity index (χ1n) is 7.05. The molecule has 1 fully saturated rings. The van der Waals surface area contributed by atoms with Gasteiger partial charge in [0.05, 0.1) is 17.9 Å². The minimum absolute atomic E-state index is 0.0423. The molecule has 106 valence electrons. The normalized spacial score (nSPS) is 22.1. The van der Waals surface area contributed by atoms with Crippen molar-refractivity contribution in [2.24, 2.45) is 7.05 Å². The zero-order valence-corrected chi connectivity index (χ0v) is 11.7. The van der Waals surface area contributed by atoms with Gasteiger partial charge in [0.15, 0.2) is 0 Å². The molecule has 19 heavy (non-hydrogen) atoms. The highest BCUT2D eigenvalue weighted by atomic mass is 16.3. The third-order valence-corrected chi connectivity index (χ3v) is 3.70. The number of amides is 1. The van der Waals surface area contributed by atoms with Crippen molar-refractivity contribution in [2.45, 2.75) is 51.2 Å². The van der Waals surface area contributed by atoms with Crippen LogP contribution in [0, 0.1) is 0 Å². The van der Waals surface area contributed by atoms with Crippen LogP contribution in [0.25, 0.3) is 0 Å². The van der Waals surface area contributed by atoms with E-state index in [-0.39, 0.29) is 18.1 Å². The van der Waals surface area contributed by atoms with Crippen molar-refractivity contribution in [3.63, 3.8) is 0 Å². The first-order valence-corrected chi connectivity index (χ1v) is 7.05. The van der Waals surface area contributed by atoms with Crippen molar-refractivity contribution >= 4 is 5.91 Å². The van der Waals surface area contributed by atoms with Gasteiger partial charge in [-0.05, 0) is 26.2 Å². The molecule has 0 aromatic carbocycles. The fraction of sp³-hybridized carbons (Fsp3) is 0.714. The topological polar surface area (TPSA) is 58.4 Å². The number of likely N-dealkylation sites (tertiary alicyclic amines) is 1. The van der Waals surface area contributed by atoms with E-state index in [2.05, 4.69) is 5.10 Å². The van der Waals surface area contributed by atoms with Crippen LogP contribution in [-0.4, -0.2) is 44.4 Å². The molecular formula is C14H23N3O2. The standard InChI is InChI=1S/C14H23N3O2/c1-11(18)8-13-6-4-3-5-7-17(13)14(19)12-9-15-16(2)10-12/h9-11,13,18H,3-8H2,1-2H3. The van der Waals surface area contributed by atoms with E-state index < -0.39 is 0 Å². The largest absolute Gasteiger partial charge is 0.393 e. The van der Waals surface area contributed by atoms with E-state index in [9.17, 15) is 9.90 Å². The molecule has 1 N–H and O–H groups in total. The lowest BCUT2D eigenvalue weighted by atomic mass is 10.0. The molecule has 2 rings (SSSR count). The van der Waals surface area contributed by atoms with Crippen LogP contribution in [0.4, 0.5) is 0 Å². The molecule has 0 saturated carbocycles. The maximum absolute atomic E-state index is 12.5. The highest BCUT2D eigenvalue weighted by Gasteiger charge is 2.27. The second kappa shape index (κ2) is 6.19. The molecule has 0 bridgehead atoms. The lowest BCUT2D eigenvalue weighted by Gasteiger charge is -2.30. The third kappa shape index (κ3) is 3.56. The Bertz CT molecular complexity index is 428. The van der Waals surface area contributed by atoms with Crippen LogP contribution in [0.2, 0.25) is 0 Å². The SMILES string of the molecule is CC(O)CC1CCCCCN1C(=O)c1cnn(C)c1. The number of rotatable bonds is 3. The lowest BCUT2D eigenvalue weighted by molar-refractivity contribution is 0.0607. The predicted octanol–water partition coefficient (Wildman–Crippen LogP) is 1.58. The molecule has 5 heteroatoms. The van der Waals surface area contributed by atoms with Crippen molar-refractivity contribution in [3.8, 4) is 0 Å². The van der Waals surface area contributed by atoms with Crippen LogP contribution in [0.15, 0.2) is 12.4 Å². The number of hydrogen-bond donors (Lipinski definition) is 1. The first-order chi connectivity index (χ1) is 9.08. The van der Waals surface area contributed by atoms with E-state index in [0.29, 0.717) is 12.0 Å². The summed E-state index contributed by atoms with van der Waals surface area (Å²) in [5.74, 6) is 0.0423. The van der Waals surface area contributed by atoms with Crippen LogP contribution >= 0.6 is 0 Å². The van der Waals surface area contributed by atoms with Crippen LogP contribution in [0.5, 0.6) is 0 Å². The summed E-state index contributed by atoms with van der Waals surface area (Å²) in [6.07, 6.45) is 7.98. The van der Waals surface area contributed by atoms with Crippen molar-refractivity contribution < 1.29 is 9.90 Å². The number of aryl methyl sites for hydroxylation is 1. The third-order valence-electron chi connectivity index (χ3n) is 3.70.